The van der Waals surface area contributed by atoms with Crippen molar-refractivity contribution in [2.24, 2.45) is 0 Å². The molecule has 0 aliphatic rings. The van der Waals surface area contributed by atoms with Gasteiger partial charge in [0.25, 0.3) is 0 Å². The second-order valence-electron chi connectivity index (χ2n) is 6.07. The van der Waals surface area contributed by atoms with Crippen LogP contribution in [0.1, 0.15) is 84.0 Å². The standard InChI is InChI=1S/C16H34NO2/c1-4-5-6-7-8-9-10-11-12-13-14-15-16(18)17(2,3)19/h19H,4-15H2,1-3H3/q+1. The molecular formula is C16H34NO2+. The minimum Gasteiger partial charge on any atom is -0.228 e. The van der Waals surface area contributed by atoms with Crippen LogP contribution < -0.4 is 0 Å². The number of nitrogens with zero attached hydrogens (tertiary/aromatic N) is 1. The quantitative estimate of drug-likeness (QED) is 0.242. The third-order valence-corrected chi connectivity index (χ3v) is 3.60. The third-order valence-electron chi connectivity index (χ3n) is 3.60. The minimum absolute atomic E-state index is 0.0871. The van der Waals surface area contributed by atoms with E-state index in [2.05, 4.69) is 6.92 Å². The first kappa shape index (κ1) is 18.6. The molecule has 0 aliphatic carbocycles. The zero-order chi connectivity index (χ0) is 14.6. The van der Waals surface area contributed by atoms with Crippen molar-refractivity contribution in [3.8, 4) is 0 Å². The van der Waals surface area contributed by atoms with Crippen LogP contribution in [0.5, 0.6) is 0 Å². The number of rotatable bonds is 12. The average molecular weight is 272 g/mol. The van der Waals surface area contributed by atoms with Gasteiger partial charge < -0.3 is 0 Å². The molecule has 0 radical (unpaired) electrons. The van der Waals surface area contributed by atoms with Crippen LogP contribution >= 0.6 is 0 Å². The van der Waals surface area contributed by atoms with Crippen LogP contribution in [0.4, 0.5) is 0 Å². The fourth-order valence-corrected chi connectivity index (χ4v) is 2.21. The van der Waals surface area contributed by atoms with Gasteiger partial charge in [-0.1, -0.05) is 71.1 Å². The molecule has 0 heterocycles. The Labute approximate surface area is 119 Å². The Hall–Kier alpha value is -0.410. The number of amides is 1. The maximum Gasteiger partial charge on any atom is 0.345 e. The summed E-state index contributed by atoms with van der Waals surface area (Å²) in [5, 5.41) is 9.44. The van der Waals surface area contributed by atoms with Gasteiger partial charge in [-0.3, -0.25) is 0 Å². The molecule has 0 rings (SSSR count). The summed E-state index contributed by atoms with van der Waals surface area (Å²) in [7, 11) is 3.03. The Morgan fingerprint density at radius 2 is 1.16 bits per heavy atom. The van der Waals surface area contributed by atoms with Gasteiger partial charge in [0, 0.05) is 0 Å². The van der Waals surface area contributed by atoms with Crippen LogP contribution in [0.3, 0.4) is 0 Å². The summed E-state index contributed by atoms with van der Waals surface area (Å²) in [5.74, 6) is -0.0871. The Kier molecular flexibility index (Phi) is 11.2. The Bertz CT molecular complexity index is 221. The molecule has 0 saturated heterocycles. The van der Waals surface area contributed by atoms with Crippen molar-refractivity contribution >= 4 is 5.91 Å². The number of hydrogen-bond donors (Lipinski definition) is 1. The lowest BCUT2D eigenvalue weighted by molar-refractivity contribution is -1.01. The number of quaternary nitrogens is 1. The Balaban J connectivity index is 3.17. The molecule has 0 unspecified atom stereocenters. The summed E-state index contributed by atoms with van der Waals surface area (Å²) in [6.45, 7) is 2.25. The van der Waals surface area contributed by atoms with Crippen LogP contribution in [-0.4, -0.2) is 29.9 Å². The maximum absolute atomic E-state index is 11.4. The molecular weight excluding hydrogens is 238 g/mol. The molecule has 0 spiro atoms. The van der Waals surface area contributed by atoms with Crippen LogP contribution in [0.25, 0.3) is 0 Å². The molecule has 0 aromatic heterocycles. The van der Waals surface area contributed by atoms with Crippen LogP contribution in [0.2, 0.25) is 0 Å². The molecule has 0 aromatic carbocycles. The van der Waals surface area contributed by atoms with Crippen LogP contribution in [0, 0.1) is 0 Å². The highest BCUT2D eigenvalue weighted by atomic mass is 16.6. The van der Waals surface area contributed by atoms with Crippen molar-refractivity contribution < 1.29 is 14.6 Å². The first-order chi connectivity index (χ1) is 8.98. The summed E-state index contributed by atoms with van der Waals surface area (Å²) >= 11 is 0. The zero-order valence-corrected chi connectivity index (χ0v) is 13.3. The van der Waals surface area contributed by atoms with Gasteiger partial charge >= 0.3 is 5.91 Å². The molecule has 0 aliphatic heterocycles. The third kappa shape index (κ3) is 12.4. The fourth-order valence-electron chi connectivity index (χ4n) is 2.21. The van der Waals surface area contributed by atoms with Gasteiger partial charge in [0.1, 0.15) is 14.1 Å². The molecule has 1 amide bonds. The van der Waals surface area contributed by atoms with E-state index in [9.17, 15) is 10.0 Å². The number of unbranched alkanes of at least 4 members (excludes halogenated alkanes) is 10. The van der Waals surface area contributed by atoms with Crippen molar-refractivity contribution in [2.75, 3.05) is 14.1 Å². The molecule has 19 heavy (non-hydrogen) atoms. The van der Waals surface area contributed by atoms with Crippen LogP contribution in [-0.2, 0) is 4.79 Å². The number of hydroxylamine groups is 3. The van der Waals surface area contributed by atoms with Gasteiger partial charge in [-0.15, -0.1) is 4.65 Å². The summed E-state index contributed by atoms with van der Waals surface area (Å²) < 4.78 is -0.530. The topological polar surface area (TPSA) is 37.3 Å². The smallest absolute Gasteiger partial charge is 0.228 e. The summed E-state index contributed by atoms with van der Waals surface area (Å²) in [4.78, 5) is 11.4. The first-order valence-electron chi connectivity index (χ1n) is 8.08. The van der Waals surface area contributed by atoms with E-state index < -0.39 is 4.65 Å². The summed E-state index contributed by atoms with van der Waals surface area (Å²) in [6, 6.07) is 0. The van der Waals surface area contributed by atoms with Gasteiger partial charge in [0.15, 0.2) is 0 Å². The molecule has 0 bridgehead atoms. The Morgan fingerprint density at radius 1 is 0.789 bits per heavy atom. The van der Waals surface area contributed by atoms with E-state index in [1.807, 2.05) is 0 Å². The lowest BCUT2D eigenvalue weighted by atomic mass is 10.1. The predicted octanol–water partition coefficient (Wildman–Crippen LogP) is 4.68. The summed E-state index contributed by atoms with van der Waals surface area (Å²) in [6.07, 6.45) is 14.6. The number of carbonyl (C=O) groups excluding carboxylic acids is 1. The van der Waals surface area contributed by atoms with E-state index >= 15 is 0 Å². The van der Waals surface area contributed by atoms with E-state index in [0.717, 1.165) is 12.8 Å². The second kappa shape index (κ2) is 11.4. The highest BCUT2D eigenvalue weighted by Gasteiger charge is 2.22. The van der Waals surface area contributed by atoms with E-state index in [4.69, 9.17) is 0 Å². The zero-order valence-electron chi connectivity index (χ0n) is 13.3. The number of carbonyl (C=O) groups is 1. The molecule has 0 atom stereocenters. The highest BCUT2D eigenvalue weighted by Crippen LogP contribution is 2.12. The number of hydrogen-bond acceptors (Lipinski definition) is 2. The van der Waals surface area contributed by atoms with Crippen molar-refractivity contribution in [3.63, 3.8) is 0 Å². The first-order valence-corrected chi connectivity index (χ1v) is 8.08. The van der Waals surface area contributed by atoms with Gasteiger partial charge in [0.05, 0.1) is 6.42 Å². The van der Waals surface area contributed by atoms with E-state index in [1.54, 1.807) is 0 Å². The molecule has 114 valence electrons. The largest absolute Gasteiger partial charge is 0.345 e. The molecule has 3 heteroatoms. The van der Waals surface area contributed by atoms with Gasteiger partial charge in [-0.05, 0) is 6.42 Å². The second-order valence-corrected chi connectivity index (χ2v) is 6.07. The monoisotopic (exact) mass is 272 g/mol. The lowest BCUT2D eigenvalue weighted by Crippen LogP contribution is -2.41. The predicted molar refractivity (Wildman–Crippen MR) is 80.0 cm³/mol. The molecule has 0 saturated carbocycles. The molecule has 1 N–H and O–H groups in total. The van der Waals surface area contributed by atoms with Crippen molar-refractivity contribution in [1.29, 1.82) is 0 Å². The molecule has 3 nitrogen and oxygen atoms in total. The normalized spacial score (nSPS) is 11.8. The van der Waals surface area contributed by atoms with Gasteiger partial charge in [-0.25, -0.2) is 10.0 Å². The highest BCUT2D eigenvalue weighted by molar-refractivity contribution is 5.67. The van der Waals surface area contributed by atoms with Gasteiger partial charge in [0.2, 0.25) is 0 Å². The molecule has 0 aromatic rings. The van der Waals surface area contributed by atoms with Crippen LogP contribution in [0.15, 0.2) is 0 Å². The fraction of sp³-hybridized carbons (Fsp3) is 0.938. The Morgan fingerprint density at radius 3 is 1.53 bits per heavy atom. The van der Waals surface area contributed by atoms with E-state index in [-0.39, 0.29) is 5.91 Å². The maximum atomic E-state index is 11.4. The molecule has 0 fully saturated rings. The van der Waals surface area contributed by atoms with Gasteiger partial charge in [-0.2, -0.15) is 0 Å². The average Bonchev–Trinajstić information content (AvgIpc) is 2.34. The van der Waals surface area contributed by atoms with Crippen molar-refractivity contribution in [1.82, 2.24) is 0 Å². The SMILES string of the molecule is CCCCCCCCCCCCCC(=O)[N+](C)(C)O. The van der Waals surface area contributed by atoms with E-state index in [1.165, 1.54) is 71.9 Å². The van der Waals surface area contributed by atoms with Crippen molar-refractivity contribution in [3.05, 3.63) is 0 Å². The van der Waals surface area contributed by atoms with E-state index in [0.29, 0.717) is 6.42 Å². The summed E-state index contributed by atoms with van der Waals surface area (Å²) in [5.41, 5.74) is 0. The van der Waals surface area contributed by atoms with Crippen molar-refractivity contribution in [2.45, 2.75) is 84.0 Å². The lowest BCUT2D eigenvalue weighted by Gasteiger charge is -2.16. The minimum atomic E-state index is -0.530.